The van der Waals surface area contributed by atoms with Crippen LogP contribution in [0.5, 0.6) is 0 Å². The van der Waals surface area contributed by atoms with Crippen molar-refractivity contribution >= 4 is 0 Å². The van der Waals surface area contributed by atoms with Gasteiger partial charge in [0, 0.05) is 0 Å². The van der Waals surface area contributed by atoms with Gasteiger partial charge in [-0.25, -0.2) is 0 Å². The molecule has 0 aliphatic heterocycles. The summed E-state index contributed by atoms with van der Waals surface area (Å²) in [4.78, 5) is 0. The lowest BCUT2D eigenvalue weighted by Gasteiger charge is -2.58. The lowest BCUT2D eigenvalue weighted by Crippen LogP contribution is -2.50. The maximum atomic E-state index is 2.57. The van der Waals surface area contributed by atoms with Crippen LogP contribution in [0.4, 0.5) is 0 Å². The molecular weight excluding hydrogens is 120 g/mol. The molecule has 3 atom stereocenters. The van der Waals surface area contributed by atoms with Gasteiger partial charge in [-0.2, -0.15) is 0 Å². The van der Waals surface area contributed by atoms with Gasteiger partial charge in [-0.15, -0.1) is 0 Å². The summed E-state index contributed by atoms with van der Waals surface area (Å²) in [5.41, 5.74) is 0.659. The average molecular weight is 137 g/mol. The third kappa shape index (κ3) is 0.681. The van der Waals surface area contributed by atoms with Gasteiger partial charge in [0.2, 0.25) is 0 Å². The second-order valence-electron chi connectivity index (χ2n) is 4.77. The molecule has 3 rings (SSSR count). The molecule has 1 radical (unpaired) electrons. The Morgan fingerprint density at radius 1 is 1.30 bits per heavy atom. The standard InChI is InChI=1S/C10H17/c1-7-4-8-6-9(5-7)10(8,2)3/h4,7-9H,5-6H2,1-3H3. The van der Waals surface area contributed by atoms with Crippen molar-refractivity contribution in [3.8, 4) is 0 Å². The molecular formula is C10H17. The molecule has 0 spiro atoms. The van der Waals surface area contributed by atoms with E-state index in [0.717, 1.165) is 17.8 Å². The summed E-state index contributed by atoms with van der Waals surface area (Å²) in [6, 6.07) is 0. The Morgan fingerprint density at radius 2 is 2.00 bits per heavy atom. The Bertz CT molecular complexity index is 132. The summed E-state index contributed by atoms with van der Waals surface area (Å²) in [5, 5.41) is 0. The van der Waals surface area contributed by atoms with Gasteiger partial charge in [0.25, 0.3) is 0 Å². The summed E-state index contributed by atoms with van der Waals surface area (Å²) in [6.45, 7) is 7.21. The maximum Gasteiger partial charge on any atom is -0.0294 e. The minimum atomic E-state index is 0.659. The number of hydrogen-bond acceptors (Lipinski definition) is 0. The molecule has 3 unspecified atom stereocenters. The Hall–Kier alpha value is 0. The van der Waals surface area contributed by atoms with Crippen molar-refractivity contribution in [3.63, 3.8) is 0 Å². The molecule has 0 heteroatoms. The molecule has 3 saturated carbocycles. The zero-order chi connectivity index (χ0) is 7.35. The van der Waals surface area contributed by atoms with Crippen molar-refractivity contribution in [2.24, 2.45) is 23.2 Å². The van der Waals surface area contributed by atoms with Gasteiger partial charge in [0.15, 0.2) is 0 Å². The molecule has 0 saturated heterocycles. The highest BCUT2D eigenvalue weighted by molar-refractivity contribution is 5.09. The Kier molecular flexibility index (Phi) is 1.19. The average Bonchev–Trinajstić information content (AvgIpc) is 1.87. The van der Waals surface area contributed by atoms with Crippen LogP contribution >= 0.6 is 0 Å². The van der Waals surface area contributed by atoms with Gasteiger partial charge in [-0.05, 0) is 42.4 Å². The van der Waals surface area contributed by atoms with E-state index in [1.165, 1.54) is 12.8 Å². The highest BCUT2D eigenvalue weighted by atomic mass is 14.6. The Labute approximate surface area is 64.0 Å². The van der Waals surface area contributed by atoms with Crippen molar-refractivity contribution in [1.82, 2.24) is 0 Å². The quantitative estimate of drug-likeness (QED) is 0.481. The monoisotopic (exact) mass is 137 g/mol. The second-order valence-corrected chi connectivity index (χ2v) is 4.77. The molecule has 0 N–H and O–H groups in total. The fourth-order valence-corrected chi connectivity index (χ4v) is 2.71. The van der Waals surface area contributed by atoms with Gasteiger partial charge in [-0.1, -0.05) is 20.8 Å². The molecule has 3 aliphatic carbocycles. The van der Waals surface area contributed by atoms with E-state index in [0.29, 0.717) is 5.41 Å². The molecule has 0 aromatic heterocycles. The first-order chi connectivity index (χ1) is 4.60. The van der Waals surface area contributed by atoms with Crippen molar-refractivity contribution in [1.29, 1.82) is 0 Å². The smallest absolute Gasteiger partial charge is 0.0294 e. The molecule has 2 bridgehead atoms. The first kappa shape index (κ1) is 6.69. The molecule has 3 fully saturated rings. The molecule has 3 aliphatic rings. The third-order valence-electron chi connectivity index (χ3n) is 3.76. The topological polar surface area (TPSA) is 0 Å². The normalized spacial score (nSPS) is 50.1. The molecule has 0 nitrogen and oxygen atoms in total. The van der Waals surface area contributed by atoms with Gasteiger partial charge in [0.05, 0.1) is 0 Å². The fraction of sp³-hybridized carbons (Fsp3) is 0.900. The van der Waals surface area contributed by atoms with Crippen LogP contribution in [0.3, 0.4) is 0 Å². The molecule has 0 aromatic carbocycles. The molecule has 10 heavy (non-hydrogen) atoms. The largest absolute Gasteiger partial charge is 0.0622 e. The van der Waals surface area contributed by atoms with E-state index in [-0.39, 0.29) is 0 Å². The third-order valence-corrected chi connectivity index (χ3v) is 3.76. The summed E-state index contributed by atoms with van der Waals surface area (Å²) in [5.74, 6) is 2.88. The van der Waals surface area contributed by atoms with E-state index in [2.05, 4.69) is 27.2 Å². The van der Waals surface area contributed by atoms with Crippen molar-refractivity contribution < 1.29 is 0 Å². The molecule has 0 heterocycles. The van der Waals surface area contributed by atoms with E-state index >= 15 is 0 Å². The van der Waals surface area contributed by atoms with Crippen LogP contribution in [-0.4, -0.2) is 0 Å². The lowest BCUT2D eigenvalue weighted by atomic mass is 9.47. The zero-order valence-corrected chi connectivity index (χ0v) is 7.22. The van der Waals surface area contributed by atoms with Gasteiger partial charge < -0.3 is 0 Å². The van der Waals surface area contributed by atoms with Crippen LogP contribution in [0, 0.1) is 29.6 Å². The van der Waals surface area contributed by atoms with Crippen molar-refractivity contribution in [3.05, 3.63) is 6.42 Å². The number of fused-ring (bicyclic) bond motifs is 2. The van der Waals surface area contributed by atoms with Crippen molar-refractivity contribution in [2.75, 3.05) is 0 Å². The molecule has 0 aromatic rings. The van der Waals surface area contributed by atoms with Crippen LogP contribution in [0.2, 0.25) is 0 Å². The van der Waals surface area contributed by atoms with E-state index in [4.69, 9.17) is 0 Å². The maximum absolute atomic E-state index is 2.57. The predicted octanol–water partition coefficient (Wildman–Crippen LogP) is 2.89. The minimum absolute atomic E-state index is 0.659. The van der Waals surface area contributed by atoms with Gasteiger partial charge >= 0.3 is 0 Å². The van der Waals surface area contributed by atoms with Crippen LogP contribution < -0.4 is 0 Å². The lowest BCUT2D eigenvalue weighted by molar-refractivity contribution is -0.0485. The van der Waals surface area contributed by atoms with Crippen molar-refractivity contribution in [2.45, 2.75) is 33.6 Å². The summed E-state index contributed by atoms with van der Waals surface area (Å²) >= 11 is 0. The number of rotatable bonds is 0. The Balaban J connectivity index is 2.10. The second kappa shape index (κ2) is 1.78. The van der Waals surface area contributed by atoms with E-state index in [1.807, 2.05) is 0 Å². The van der Waals surface area contributed by atoms with E-state index < -0.39 is 0 Å². The minimum Gasteiger partial charge on any atom is -0.0622 e. The summed E-state index contributed by atoms with van der Waals surface area (Å²) < 4.78 is 0. The molecule has 0 amide bonds. The van der Waals surface area contributed by atoms with Gasteiger partial charge in [-0.3, -0.25) is 0 Å². The summed E-state index contributed by atoms with van der Waals surface area (Å²) in [6.07, 6.45) is 5.50. The van der Waals surface area contributed by atoms with Crippen LogP contribution in [0.1, 0.15) is 33.6 Å². The first-order valence-electron chi connectivity index (χ1n) is 4.45. The van der Waals surface area contributed by atoms with E-state index in [1.54, 1.807) is 0 Å². The SMILES string of the molecule is CC1[CH]C2CC(C1)C2(C)C. The highest BCUT2D eigenvalue weighted by Crippen LogP contribution is 2.59. The fourth-order valence-electron chi connectivity index (χ4n) is 2.71. The number of hydrogen-bond donors (Lipinski definition) is 0. The highest BCUT2D eigenvalue weighted by Gasteiger charge is 2.51. The molecule has 57 valence electrons. The zero-order valence-electron chi connectivity index (χ0n) is 7.22. The van der Waals surface area contributed by atoms with Crippen LogP contribution in [-0.2, 0) is 0 Å². The van der Waals surface area contributed by atoms with Crippen LogP contribution in [0.15, 0.2) is 0 Å². The van der Waals surface area contributed by atoms with Gasteiger partial charge in [0.1, 0.15) is 0 Å². The Morgan fingerprint density at radius 3 is 2.30 bits per heavy atom. The summed E-state index contributed by atoms with van der Waals surface area (Å²) in [7, 11) is 0. The first-order valence-corrected chi connectivity index (χ1v) is 4.45. The van der Waals surface area contributed by atoms with Crippen LogP contribution in [0.25, 0.3) is 0 Å². The predicted molar refractivity (Wildman–Crippen MR) is 43.5 cm³/mol. The van der Waals surface area contributed by atoms with E-state index in [9.17, 15) is 0 Å².